The highest BCUT2D eigenvalue weighted by Crippen LogP contribution is 2.09. The Morgan fingerprint density at radius 1 is 1.26 bits per heavy atom. The summed E-state index contributed by atoms with van der Waals surface area (Å²) in [6.07, 6.45) is 5.35. The summed E-state index contributed by atoms with van der Waals surface area (Å²) in [5.41, 5.74) is 1.96. The largest absolute Gasteiger partial charge is 0.444 e. The average molecular weight is 481 g/mol. The van der Waals surface area contributed by atoms with Gasteiger partial charge in [0.05, 0.1) is 18.8 Å². The highest BCUT2D eigenvalue weighted by atomic mass is 127. The van der Waals surface area contributed by atoms with E-state index in [1.54, 1.807) is 17.1 Å². The molecule has 3 aromatic rings. The molecule has 0 spiro atoms. The summed E-state index contributed by atoms with van der Waals surface area (Å²) in [4.78, 5) is 13.3. The number of pyridine rings is 1. The van der Waals surface area contributed by atoms with Gasteiger partial charge in [0, 0.05) is 25.1 Å². The van der Waals surface area contributed by atoms with Gasteiger partial charge >= 0.3 is 0 Å². The van der Waals surface area contributed by atoms with Crippen molar-refractivity contribution in [1.82, 2.24) is 30.4 Å². The molecule has 0 amide bonds. The monoisotopic (exact) mass is 481 g/mol. The minimum atomic E-state index is 0. The Labute approximate surface area is 175 Å². The molecule has 0 aromatic carbocycles. The van der Waals surface area contributed by atoms with Crippen molar-refractivity contribution in [1.29, 1.82) is 0 Å². The van der Waals surface area contributed by atoms with Crippen molar-refractivity contribution in [2.45, 2.75) is 33.9 Å². The highest BCUT2D eigenvalue weighted by molar-refractivity contribution is 14.0. The molecule has 3 rings (SSSR count). The first kappa shape index (κ1) is 20.9. The normalized spacial score (nSPS) is 11.1. The summed E-state index contributed by atoms with van der Waals surface area (Å²) >= 11 is 0. The zero-order valence-corrected chi connectivity index (χ0v) is 18.0. The zero-order chi connectivity index (χ0) is 18.4. The third kappa shape index (κ3) is 5.78. The van der Waals surface area contributed by atoms with Crippen LogP contribution in [-0.2, 0) is 13.1 Å². The summed E-state index contributed by atoms with van der Waals surface area (Å²) in [7, 11) is 0. The number of aliphatic imine (C=N–C) groups is 1. The molecule has 0 bridgehead atoms. The first-order chi connectivity index (χ1) is 12.7. The fraction of sp³-hybridized carbons (Fsp3) is 0.333. The van der Waals surface area contributed by atoms with Crippen LogP contribution in [-0.4, -0.2) is 32.3 Å². The Bertz CT molecular complexity index is 854. The first-order valence-electron chi connectivity index (χ1n) is 8.55. The van der Waals surface area contributed by atoms with E-state index in [0.717, 1.165) is 29.4 Å². The van der Waals surface area contributed by atoms with Crippen molar-refractivity contribution in [2.24, 2.45) is 4.99 Å². The zero-order valence-electron chi connectivity index (χ0n) is 15.6. The Morgan fingerprint density at radius 3 is 2.78 bits per heavy atom. The van der Waals surface area contributed by atoms with E-state index in [4.69, 9.17) is 4.42 Å². The van der Waals surface area contributed by atoms with Crippen LogP contribution in [0.2, 0.25) is 0 Å². The number of nitrogens with one attached hydrogen (secondary N) is 2. The summed E-state index contributed by atoms with van der Waals surface area (Å²) in [6.45, 7) is 7.64. The predicted molar refractivity (Wildman–Crippen MR) is 114 cm³/mol. The molecule has 3 heterocycles. The van der Waals surface area contributed by atoms with Crippen LogP contribution >= 0.6 is 24.0 Å². The van der Waals surface area contributed by atoms with Gasteiger partial charge in [0.25, 0.3) is 0 Å². The van der Waals surface area contributed by atoms with E-state index in [-0.39, 0.29) is 24.0 Å². The van der Waals surface area contributed by atoms with Gasteiger partial charge < -0.3 is 15.1 Å². The second-order valence-corrected chi connectivity index (χ2v) is 5.77. The molecule has 0 aliphatic rings. The van der Waals surface area contributed by atoms with E-state index in [1.165, 1.54) is 0 Å². The second kappa shape index (κ2) is 10.0. The Kier molecular flexibility index (Phi) is 7.77. The van der Waals surface area contributed by atoms with E-state index < -0.39 is 0 Å². The van der Waals surface area contributed by atoms with Crippen molar-refractivity contribution < 1.29 is 4.42 Å². The van der Waals surface area contributed by atoms with E-state index in [0.29, 0.717) is 24.9 Å². The quantitative estimate of drug-likeness (QED) is 0.320. The standard InChI is InChI=1S/C18H23N7O.HI/c1-4-19-18(22-12-17-24-13(2)14(3)26-17)21-11-15-6-8-20-16(10-15)25-9-5-7-23-25;/h5-10H,4,11-12H2,1-3H3,(H2,19,21,22);1H. The Morgan fingerprint density at radius 2 is 2.11 bits per heavy atom. The molecule has 0 saturated heterocycles. The maximum Gasteiger partial charge on any atom is 0.214 e. The van der Waals surface area contributed by atoms with Gasteiger partial charge in [-0.05, 0) is 44.5 Å². The number of oxazole rings is 1. The van der Waals surface area contributed by atoms with Crippen LogP contribution in [0.25, 0.3) is 5.82 Å². The first-order valence-corrected chi connectivity index (χ1v) is 8.55. The minimum absolute atomic E-state index is 0. The summed E-state index contributed by atoms with van der Waals surface area (Å²) < 4.78 is 7.31. The Hall–Kier alpha value is -2.43. The molecule has 0 unspecified atom stereocenters. The Balaban J connectivity index is 0.00000261. The lowest BCUT2D eigenvalue weighted by Gasteiger charge is -2.10. The molecule has 0 saturated carbocycles. The van der Waals surface area contributed by atoms with Gasteiger partial charge in [-0.3, -0.25) is 0 Å². The summed E-state index contributed by atoms with van der Waals surface area (Å²) in [5.74, 6) is 2.96. The molecule has 0 fully saturated rings. The van der Waals surface area contributed by atoms with Gasteiger partial charge in [0.1, 0.15) is 5.76 Å². The molecule has 0 radical (unpaired) electrons. The van der Waals surface area contributed by atoms with Crippen LogP contribution < -0.4 is 10.6 Å². The number of halogens is 1. The number of hydrogen-bond acceptors (Lipinski definition) is 5. The SMILES string of the molecule is CCNC(=NCc1ccnc(-n2cccn2)c1)NCc1nc(C)c(C)o1.I. The van der Waals surface area contributed by atoms with E-state index >= 15 is 0 Å². The van der Waals surface area contributed by atoms with Crippen molar-refractivity contribution in [3.63, 3.8) is 0 Å². The van der Waals surface area contributed by atoms with Crippen LogP contribution in [0, 0.1) is 13.8 Å². The number of aryl methyl sites for hydroxylation is 2. The number of hydrogen-bond donors (Lipinski definition) is 2. The van der Waals surface area contributed by atoms with Crippen LogP contribution in [0.5, 0.6) is 0 Å². The van der Waals surface area contributed by atoms with Crippen LogP contribution in [0.4, 0.5) is 0 Å². The van der Waals surface area contributed by atoms with Gasteiger partial charge in [0.2, 0.25) is 5.89 Å². The molecule has 3 aromatic heterocycles. The molecule has 144 valence electrons. The molecule has 8 nitrogen and oxygen atoms in total. The van der Waals surface area contributed by atoms with Gasteiger partial charge in [-0.15, -0.1) is 24.0 Å². The van der Waals surface area contributed by atoms with E-state index in [2.05, 4.69) is 30.7 Å². The smallest absolute Gasteiger partial charge is 0.214 e. The molecule has 0 atom stereocenters. The number of rotatable bonds is 6. The van der Waals surface area contributed by atoms with Crippen LogP contribution in [0.15, 0.2) is 46.2 Å². The lowest BCUT2D eigenvalue weighted by atomic mass is 10.2. The fourth-order valence-electron chi connectivity index (χ4n) is 2.37. The third-order valence-corrected chi connectivity index (χ3v) is 3.79. The molecule has 9 heteroatoms. The van der Waals surface area contributed by atoms with E-state index in [1.807, 2.05) is 45.2 Å². The maximum absolute atomic E-state index is 5.59. The van der Waals surface area contributed by atoms with Gasteiger partial charge in [-0.1, -0.05) is 0 Å². The molecule has 0 aliphatic heterocycles. The molecule has 0 aliphatic carbocycles. The molecular weight excluding hydrogens is 457 g/mol. The number of aromatic nitrogens is 4. The topological polar surface area (TPSA) is 93.2 Å². The van der Waals surface area contributed by atoms with Crippen molar-refractivity contribution >= 4 is 29.9 Å². The molecule has 2 N–H and O–H groups in total. The molecule has 27 heavy (non-hydrogen) atoms. The lowest BCUT2D eigenvalue weighted by Crippen LogP contribution is -2.36. The lowest BCUT2D eigenvalue weighted by molar-refractivity contribution is 0.463. The second-order valence-electron chi connectivity index (χ2n) is 5.77. The minimum Gasteiger partial charge on any atom is -0.444 e. The number of guanidine groups is 1. The predicted octanol–water partition coefficient (Wildman–Crippen LogP) is 2.75. The summed E-state index contributed by atoms with van der Waals surface area (Å²) in [5, 5.41) is 10.7. The number of nitrogens with zero attached hydrogens (tertiary/aromatic N) is 5. The summed E-state index contributed by atoms with van der Waals surface area (Å²) in [6, 6.07) is 5.79. The average Bonchev–Trinajstić information content (AvgIpc) is 3.28. The molecular formula is C18H24IN7O. The van der Waals surface area contributed by atoms with Crippen molar-refractivity contribution in [2.75, 3.05) is 6.54 Å². The van der Waals surface area contributed by atoms with Gasteiger partial charge in [-0.2, -0.15) is 5.10 Å². The van der Waals surface area contributed by atoms with Crippen LogP contribution in [0.3, 0.4) is 0 Å². The third-order valence-electron chi connectivity index (χ3n) is 3.79. The van der Waals surface area contributed by atoms with Crippen molar-refractivity contribution in [3.8, 4) is 5.82 Å². The maximum atomic E-state index is 5.59. The van der Waals surface area contributed by atoms with E-state index in [9.17, 15) is 0 Å². The fourth-order valence-corrected chi connectivity index (χ4v) is 2.37. The highest BCUT2D eigenvalue weighted by Gasteiger charge is 2.06. The van der Waals surface area contributed by atoms with Gasteiger partial charge in [0.15, 0.2) is 11.8 Å². The van der Waals surface area contributed by atoms with Crippen LogP contribution in [0.1, 0.15) is 29.8 Å². The van der Waals surface area contributed by atoms with Crippen molar-refractivity contribution in [3.05, 3.63) is 59.7 Å². The van der Waals surface area contributed by atoms with Gasteiger partial charge in [-0.25, -0.2) is 19.6 Å².